The van der Waals surface area contributed by atoms with E-state index in [1.165, 1.54) is 4.90 Å². The Kier molecular flexibility index (Phi) is 7.53. The van der Waals surface area contributed by atoms with Crippen molar-refractivity contribution in [1.82, 2.24) is 15.5 Å². The van der Waals surface area contributed by atoms with Crippen molar-refractivity contribution in [3.05, 3.63) is 65.2 Å². The second-order valence-corrected chi connectivity index (χ2v) is 6.94. The first kappa shape index (κ1) is 19.8. The zero-order chi connectivity index (χ0) is 18.9. The second-order valence-electron chi connectivity index (χ2n) is 6.06. The molecule has 0 aliphatic rings. The molecule has 0 unspecified atom stereocenters. The summed E-state index contributed by atoms with van der Waals surface area (Å²) >= 11 is 1.69. The highest BCUT2D eigenvalue weighted by Crippen LogP contribution is 2.15. The van der Waals surface area contributed by atoms with Crippen LogP contribution in [0.3, 0.4) is 0 Å². The summed E-state index contributed by atoms with van der Waals surface area (Å²) in [5, 5.41) is 5.61. The summed E-state index contributed by atoms with van der Waals surface area (Å²) in [6, 6.07) is 15.4. The van der Waals surface area contributed by atoms with E-state index in [0.29, 0.717) is 25.2 Å². The molecular weight excluding hydrogens is 346 g/mol. The van der Waals surface area contributed by atoms with Crippen molar-refractivity contribution < 1.29 is 9.59 Å². The lowest BCUT2D eigenvalue weighted by molar-refractivity contribution is 0.0953. The molecule has 0 aliphatic carbocycles. The van der Waals surface area contributed by atoms with E-state index in [9.17, 15) is 9.59 Å². The summed E-state index contributed by atoms with van der Waals surface area (Å²) in [6.07, 6.45) is 2.03. The molecule has 0 saturated carbocycles. The normalized spacial score (nSPS) is 10.3. The monoisotopic (exact) mass is 371 g/mol. The zero-order valence-corrected chi connectivity index (χ0v) is 16.2. The van der Waals surface area contributed by atoms with Crippen LogP contribution < -0.4 is 10.6 Å². The summed E-state index contributed by atoms with van der Waals surface area (Å²) in [5.41, 5.74) is 2.81. The maximum Gasteiger partial charge on any atom is 0.317 e. The molecule has 0 aromatic heterocycles. The zero-order valence-electron chi connectivity index (χ0n) is 15.4. The molecule has 138 valence electrons. The van der Waals surface area contributed by atoms with Crippen LogP contribution in [-0.4, -0.2) is 43.2 Å². The Bertz CT molecular complexity index is 730. The number of thioether (sulfide) groups is 1. The van der Waals surface area contributed by atoms with Crippen LogP contribution in [0.15, 0.2) is 53.4 Å². The van der Waals surface area contributed by atoms with E-state index >= 15 is 0 Å². The molecule has 0 spiro atoms. The van der Waals surface area contributed by atoms with Gasteiger partial charge in [0.05, 0.1) is 0 Å². The van der Waals surface area contributed by atoms with Crippen LogP contribution in [0, 0.1) is 6.92 Å². The number of nitrogens with one attached hydrogen (secondary N) is 2. The first-order chi connectivity index (χ1) is 12.5. The summed E-state index contributed by atoms with van der Waals surface area (Å²) in [7, 11) is 1.75. The molecule has 2 aromatic rings. The molecule has 0 saturated heterocycles. The molecule has 0 radical (unpaired) electrons. The van der Waals surface area contributed by atoms with E-state index in [0.717, 1.165) is 11.1 Å². The highest BCUT2D eigenvalue weighted by Gasteiger charge is 2.09. The van der Waals surface area contributed by atoms with Crippen molar-refractivity contribution in [2.24, 2.45) is 0 Å². The van der Waals surface area contributed by atoms with Crippen LogP contribution >= 0.6 is 11.8 Å². The fourth-order valence-electron chi connectivity index (χ4n) is 2.36. The predicted molar refractivity (Wildman–Crippen MR) is 107 cm³/mol. The van der Waals surface area contributed by atoms with E-state index in [-0.39, 0.29) is 11.9 Å². The van der Waals surface area contributed by atoms with Crippen molar-refractivity contribution in [1.29, 1.82) is 0 Å². The second kappa shape index (κ2) is 9.87. The van der Waals surface area contributed by atoms with Gasteiger partial charge >= 0.3 is 6.03 Å². The Hall–Kier alpha value is -2.47. The quantitative estimate of drug-likeness (QED) is 0.580. The highest BCUT2D eigenvalue weighted by atomic mass is 32.2. The fourth-order valence-corrected chi connectivity index (χ4v) is 2.77. The molecule has 2 rings (SSSR count). The Morgan fingerprint density at radius 1 is 0.962 bits per heavy atom. The molecular formula is C20H25N3O2S. The minimum Gasteiger partial charge on any atom is -0.350 e. The first-order valence-corrected chi connectivity index (χ1v) is 9.69. The van der Waals surface area contributed by atoms with Crippen molar-refractivity contribution >= 4 is 23.7 Å². The number of carbonyl (C=O) groups is 2. The van der Waals surface area contributed by atoms with Gasteiger partial charge in [0.1, 0.15) is 0 Å². The molecule has 5 nitrogen and oxygen atoms in total. The number of amides is 3. The topological polar surface area (TPSA) is 61.4 Å². The van der Waals surface area contributed by atoms with Gasteiger partial charge in [0.2, 0.25) is 0 Å². The van der Waals surface area contributed by atoms with Gasteiger partial charge in [-0.25, -0.2) is 4.79 Å². The number of hydrogen-bond acceptors (Lipinski definition) is 3. The molecule has 0 heterocycles. The van der Waals surface area contributed by atoms with Gasteiger partial charge in [-0.1, -0.05) is 29.8 Å². The Labute approximate surface area is 159 Å². The Morgan fingerprint density at radius 3 is 2.19 bits per heavy atom. The van der Waals surface area contributed by atoms with Gasteiger partial charge in [-0.05, 0) is 43.0 Å². The molecule has 6 heteroatoms. The van der Waals surface area contributed by atoms with Crippen molar-refractivity contribution in [2.75, 3.05) is 26.4 Å². The average molecular weight is 372 g/mol. The van der Waals surface area contributed by atoms with E-state index in [4.69, 9.17) is 0 Å². The number of nitrogens with zero attached hydrogens (tertiary/aromatic N) is 1. The number of urea groups is 1. The van der Waals surface area contributed by atoms with E-state index in [1.54, 1.807) is 35.8 Å². The molecule has 3 amide bonds. The van der Waals surface area contributed by atoms with E-state index < -0.39 is 0 Å². The number of hydrogen-bond donors (Lipinski definition) is 2. The summed E-state index contributed by atoms with van der Waals surface area (Å²) in [6.45, 7) is 3.28. The third-order valence-corrected chi connectivity index (χ3v) is 4.67. The van der Waals surface area contributed by atoms with Crippen LogP contribution in [0.1, 0.15) is 21.5 Å². The van der Waals surface area contributed by atoms with Gasteiger partial charge in [-0.3, -0.25) is 4.79 Å². The lowest BCUT2D eigenvalue weighted by Gasteiger charge is -2.18. The van der Waals surface area contributed by atoms with Gasteiger partial charge in [0.15, 0.2) is 0 Å². The first-order valence-electron chi connectivity index (χ1n) is 8.46. The third kappa shape index (κ3) is 6.11. The van der Waals surface area contributed by atoms with Crippen LogP contribution in [0.4, 0.5) is 4.79 Å². The highest BCUT2D eigenvalue weighted by molar-refractivity contribution is 7.98. The molecule has 26 heavy (non-hydrogen) atoms. The maximum atomic E-state index is 12.1. The van der Waals surface area contributed by atoms with Crippen LogP contribution in [-0.2, 0) is 6.54 Å². The minimum absolute atomic E-state index is 0.138. The fraction of sp³-hybridized carbons (Fsp3) is 0.300. The third-order valence-electron chi connectivity index (χ3n) is 3.93. The van der Waals surface area contributed by atoms with Gasteiger partial charge in [0, 0.05) is 37.1 Å². The Balaban J connectivity index is 1.70. The molecule has 2 aromatic carbocycles. The molecule has 0 aliphatic heterocycles. The molecule has 0 fully saturated rings. The van der Waals surface area contributed by atoms with Crippen molar-refractivity contribution in [3.63, 3.8) is 0 Å². The lowest BCUT2D eigenvalue weighted by atomic mass is 10.1. The van der Waals surface area contributed by atoms with E-state index in [1.807, 2.05) is 49.6 Å². The summed E-state index contributed by atoms with van der Waals surface area (Å²) < 4.78 is 0. The minimum atomic E-state index is -0.163. The largest absolute Gasteiger partial charge is 0.350 e. The van der Waals surface area contributed by atoms with Crippen LogP contribution in [0.5, 0.6) is 0 Å². The molecule has 2 N–H and O–H groups in total. The standard InChI is InChI=1S/C20H25N3O2S/c1-15-4-8-17(9-5-15)19(24)21-12-13-22-20(25)23(2)14-16-6-10-18(26-3)11-7-16/h4-11H,12-14H2,1-3H3,(H,21,24)(H,22,25). The van der Waals surface area contributed by atoms with E-state index in [2.05, 4.69) is 10.6 Å². The van der Waals surface area contributed by atoms with Gasteiger partial charge < -0.3 is 15.5 Å². The number of carbonyl (C=O) groups excluding carboxylic acids is 2. The van der Waals surface area contributed by atoms with Gasteiger partial charge in [0.25, 0.3) is 5.91 Å². The maximum absolute atomic E-state index is 12.1. The van der Waals surface area contributed by atoms with Crippen molar-refractivity contribution in [2.45, 2.75) is 18.4 Å². The SMILES string of the molecule is CSc1ccc(CN(C)C(=O)NCCNC(=O)c2ccc(C)cc2)cc1. The van der Waals surface area contributed by atoms with Crippen LogP contribution in [0.25, 0.3) is 0 Å². The van der Waals surface area contributed by atoms with Crippen LogP contribution in [0.2, 0.25) is 0 Å². The molecule has 0 atom stereocenters. The van der Waals surface area contributed by atoms with Gasteiger partial charge in [-0.15, -0.1) is 11.8 Å². The number of aryl methyl sites for hydroxylation is 1. The number of rotatable bonds is 7. The predicted octanol–water partition coefficient (Wildman–Crippen LogP) is 3.29. The van der Waals surface area contributed by atoms with Gasteiger partial charge in [-0.2, -0.15) is 0 Å². The Morgan fingerprint density at radius 2 is 1.58 bits per heavy atom. The molecule has 0 bridgehead atoms. The average Bonchev–Trinajstić information content (AvgIpc) is 2.66. The number of benzene rings is 2. The summed E-state index contributed by atoms with van der Waals surface area (Å²) in [4.78, 5) is 26.9. The smallest absolute Gasteiger partial charge is 0.317 e. The van der Waals surface area contributed by atoms with Crippen molar-refractivity contribution in [3.8, 4) is 0 Å². The summed E-state index contributed by atoms with van der Waals surface area (Å²) in [5.74, 6) is -0.138. The lowest BCUT2D eigenvalue weighted by Crippen LogP contribution is -2.41.